The molecule has 1 aliphatic rings. The normalized spacial score (nSPS) is 18.6. The van der Waals surface area contributed by atoms with Gasteiger partial charge in [-0.3, -0.25) is 0 Å². The van der Waals surface area contributed by atoms with E-state index in [0.717, 1.165) is 18.8 Å². The quantitative estimate of drug-likeness (QED) is 0.816. The minimum absolute atomic E-state index is 0.146. The van der Waals surface area contributed by atoms with Crippen LogP contribution >= 0.6 is 0 Å². The molecule has 1 atom stereocenters. The summed E-state index contributed by atoms with van der Waals surface area (Å²) in [6.45, 7) is 2.77. The van der Waals surface area contributed by atoms with Crippen molar-refractivity contribution in [1.82, 2.24) is 5.32 Å². The van der Waals surface area contributed by atoms with Crippen molar-refractivity contribution in [3.63, 3.8) is 0 Å². The fourth-order valence-electron chi connectivity index (χ4n) is 2.37. The predicted molar refractivity (Wildman–Crippen MR) is 71.5 cm³/mol. The van der Waals surface area contributed by atoms with Crippen LogP contribution < -0.4 is 10.2 Å². The summed E-state index contributed by atoms with van der Waals surface area (Å²) in [6.07, 6.45) is 2.42. The third kappa shape index (κ3) is 3.22. The van der Waals surface area contributed by atoms with E-state index in [1.54, 1.807) is 0 Å². The number of nitrogens with zero attached hydrogens (tertiary/aromatic N) is 2. The third-order valence-electron chi connectivity index (χ3n) is 3.33. The number of aliphatic hydroxyl groups excluding tert-OH is 1. The lowest BCUT2D eigenvalue weighted by molar-refractivity contribution is 0.300. The number of nitrogens with one attached hydrogen (secondary N) is 1. The van der Waals surface area contributed by atoms with E-state index in [9.17, 15) is 0 Å². The summed E-state index contributed by atoms with van der Waals surface area (Å²) in [5.41, 5.74) is 1.73. The van der Waals surface area contributed by atoms with Gasteiger partial charge in [-0.2, -0.15) is 5.26 Å². The Labute approximate surface area is 108 Å². The van der Waals surface area contributed by atoms with Gasteiger partial charge in [-0.05, 0) is 43.7 Å². The molecule has 96 valence electrons. The maximum atomic E-state index is 9.16. The molecule has 0 aliphatic carbocycles. The van der Waals surface area contributed by atoms with E-state index >= 15 is 0 Å². The van der Waals surface area contributed by atoms with Crippen LogP contribution in [0.3, 0.4) is 0 Å². The first-order chi connectivity index (χ1) is 8.83. The Morgan fingerprint density at radius 2 is 2.17 bits per heavy atom. The van der Waals surface area contributed by atoms with Gasteiger partial charge in [0.25, 0.3) is 0 Å². The first-order valence-corrected chi connectivity index (χ1v) is 6.43. The molecule has 2 N–H and O–H groups in total. The molecule has 1 aromatic rings. The zero-order valence-electron chi connectivity index (χ0n) is 10.5. The molecule has 4 nitrogen and oxygen atoms in total. The number of rotatable bonds is 5. The molecule has 0 saturated carbocycles. The van der Waals surface area contributed by atoms with E-state index in [0.29, 0.717) is 18.2 Å². The van der Waals surface area contributed by atoms with E-state index in [4.69, 9.17) is 10.4 Å². The van der Waals surface area contributed by atoms with Crippen LogP contribution in [0.25, 0.3) is 0 Å². The Balaban J connectivity index is 2.05. The standard InChI is InChI=1S/C14H19N3O/c15-10-12-3-5-14(6-4-12)17(8-9-18)11-13-2-1-7-16-13/h3-6,13,16,18H,1-2,7-9,11H2. The minimum Gasteiger partial charge on any atom is -0.395 e. The molecule has 18 heavy (non-hydrogen) atoms. The first-order valence-electron chi connectivity index (χ1n) is 6.43. The van der Waals surface area contributed by atoms with Gasteiger partial charge in [-0.1, -0.05) is 0 Å². The molecule has 0 aromatic heterocycles. The largest absolute Gasteiger partial charge is 0.395 e. The van der Waals surface area contributed by atoms with Crippen molar-refractivity contribution in [2.75, 3.05) is 31.1 Å². The van der Waals surface area contributed by atoms with Crippen molar-refractivity contribution in [2.24, 2.45) is 0 Å². The maximum Gasteiger partial charge on any atom is 0.0991 e. The highest BCUT2D eigenvalue weighted by atomic mass is 16.3. The summed E-state index contributed by atoms with van der Waals surface area (Å²) in [5.74, 6) is 0. The van der Waals surface area contributed by atoms with Crippen molar-refractivity contribution < 1.29 is 5.11 Å². The molecule has 1 heterocycles. The fraction of sp³-hybridized carbons (Fsp3) is 0.500. The van der Waals surface area contributed by atoms with Crippen LogP contribution in [-0.2, 0) is 0 Å². The van der Waals surface area contributed by atoms with E-state index < -0.39 is 0 Å². The smallest absolute Gasteiger partial charge is 0.0991 e. The summed E-state index contributed by atoms with van der Waals surface area (Å²) >= 11 is 0. The Morgan fingerprint density at radius 3 is 2.72 bits per heavy atom. The van der Waals surface area contributed by atoms with Gasteiger partial charge < -0.3 is 15.3 Å². The lowest BCUT2D eigenvalue weighted by atomic mass is 10.1. The van der Waals surface area contributed by atoms with Gasteiger partial charge in [0.15, 0.2) is 0 Å². The van der Waals surface area contributed by atoms with Gasteiger partial charge in [0, 0.05) is 24.8 Å². The molecule has 1 saturated heterocycles. The molecule has 1 fully saturated rings. The highest BCUT2D eigenvalue weighted by molar-refractivity contribution is 5.49. The van der Waals surface area contributed by atoms with Gasteiger partial charge in [0.2, 0.25) is 0 Å². The van der Waals surface area contributed by atoms with Crippen LogP contribution in [0.5, 0.6) is 0 Å². The summed E-state index contributed by atoms with van der Waals surface area (Å²) in [7, 11) is 0. The Bertz CT molecular complexity index is 404. The average Bonchev–Trinajstić information content (AvgIpc) is 2.91. The second kappa shape index (κ2) is 6.39. The van der Waals surface area contributed by atoms with E-state index in [2.05, 4.69) is 16.3 Å². The number of anilines is 1. The Kier molecular flexibility index (Phi) is 4.57. The summed E-state index contributed by atoms with van der Waals surface area (Å²) in [6, 6.07) is 10.2. The zero-order valence-corrected chi connectivity index (χ0v) is 10.5. The zero-order chi connectivity index (χ0) is 12.8. The molecular formula is C14H19N3O. The fourth-order valence-corrected chi connectivity index (χ4v) is 2.37. The molecule has 1 aliphatic heterocycles. The second-order valence-corrected chi connectivity index (χ2v) is 4.62. The monoisotopic (exact) mass is 245 g/mol. The van der Waals surface area contributed by atoms with E-state index in [1.807, 2.05) is 24.3 Å². The van der Waals surface area contributed by atoms with Crippen molar-refractivity contribution >= 4 is 5.69 Å². The topological polar surface area (TPSA) is 59.3 Å². The SMILES string of the molecule is N#Cc1ccc(N(CCO)CC2CCCN2)cc1. The van der Waals surface area contributed by atoms with Gasteiger partial charge in [0.05, 0.1) is 18.2 Å². The van der Waals surface area contributed by atoms with Crippen LogP contribution in [0, 0.1) is 11.3 Å². The van der Waals surface area contributed by atoms with Crippen LogP contribution in [0.2, 0.25) is 0 Å². The lowest BCUT2D eigenvalue weighted by Gasteiger charge is -2.27. The average molecular weight is 245 g/mol. The van der Waals surface area contributed by atoms with Crippen LogP contribution in [0.4, 0.5) is 5.69 Å². The molecule has 0 bridgehead atoms. The van der Waals surface area contributed by atoms with Gasteiger partial charge in [-0.25, -0.2) is 0 Å². The summed E-state index contributed by atoms with van der Waals surface area (Å²) in [5, 5.41) is 21.4. The van der Waals surface area contributed by atoms with E-state index in [1.165, 1.54) is 12.8 Å². The number of hydrogen-bond acceptors (Lipinski definition) is 4. The van der Waals surface area contributed by atoms with Gasteiger partial charge in [0.1, 0.15) is 0 Å². The molecule has 4 heteroatoms. The Morgan fingerprint density at radius 1 is 1.39 bits per heavy atom. The number of aliphatic hydroxyl groups is 1. The van der Waals surface area contributed by atoms with Crippen molar-refractivity contribution in [3.8, 4) is 6.07 Å². The number of nitriles is 1. The molecule has 1 aromatic carbocycles. The van der Waals surface area contributed by atoms with Crippen LogP contribution in [-0.4, -0.2) is 37.4 Å². The van der Waals surface area contributed by atoms with Gasteiger partial charge in [-0.15, -0.1) is 0 Å². The van der Waals surface area contributed by atoms with Crippen molar-refractivity contribution in [3.05, 3.63) is 29.8 Å². The third-order valence-corrected chi connectivity index (χ3v) is 3.33. The molecule has 0 spiro atoms. The summed E-state index contributed by atoms with van der Waals surface area (Å²) < 4.78 is 0. The molecular weight excluding hydrogens is 226 g/mol. The van der Waals surface area contributed by atoms with Crippen LogP contribution in [0.1, 0.15) is 18.4 Å². The Hall–Kier alpha value is -1.57. The summed E-state index contributed by atoms with van der Waals surface area (Å²) in [4.78, 5) is 2.17. The molecule has 0 amide bonds. The van der Waals surface area contributed by atoms with Crippen LogP contribution in [0.15, 0.2) is 24.3 Å². The van der Waals surface area contributed by atoms with Crippen molar-refractivity contribution in [2.45, 2.75) is 18.9 Å². The first kappa shape index (κ1) is 12.9. The molecule has 0 radical (unpaired) electrons. The van der Waals surface area contributed by atoms with Gasteiger partial charge >= 0.3 is 0 Å². The van der Waals surface area contributed by atoms with Crippen molar-refractivity contribution in [1.29, 1.82) is 5.26 Å². The minimum atomic E-state index is 0.146. The molecule has 1 unspecified atom stereocenters. The lowest BCUT2D eigenvalue weighted by Crippen LogP contribution is -2.39. The highest BCUT2D eigenvalue weighted by Crippen LogP contribution is 2.17. The molecule has 2 rings (SSSR count). The number of hydrogen-bond donors (Lipinski definition) is 2. The number of benzene rings is 1. The predicted octanol–water partition coefficient (Wildman–Crippen LogP) is 1.11. The highest BCUT2D eigenvalue weighted by Gasteiger charge is 2.17. The maximum absolute atomic E-state index is 9.16. The second-order valence-electron chi connectivity index (χ2n) is 4.62. The van der Waals surface area contributed by atoms with E-state index in [-0.39, 0.29) is 6.61 Å².